The van der Waals surface area contributed by atoms with Gasteiger partial charge in [0.25, 0.3) is 0 Å². The molecule has 1 fully saturated rings. The second kappa shape index (κ2) is 14.2. The molecule has 4 rings (SSSR count). The molecule has 236 valence electrons. The van der Waals surface area contributed by atoms with Gasteiger partial charge in [0.1, 0.15) is 11.6 Å². The Bertz CT molecular complexity index is 1550. The number of rotatable bonds is 14. The number of nitrogens with one attached hydrogen (secondary N) is 1. The molecule has 2 aliphatic carbocycles. The van der Waals surface area contributed by atoms with Crippen LogP contribution < -0.4 is 11.1 Å². The molecule has 0 heterocycles. The number of nitrogens with zero attached hydrogens (tertiary/aromatic N) is 1. The molecule has 6 nitrogen and oxygen atoms in total. The van der Waals surface area contributed by atoms with Crippen molar-refractivity contribution >= 4 is 11.8 Å². The smallest absolute Gasteiger partial charge is 0.249 e. The van der Waals surface area contributed by atoms with Gasteiger partial charge in [-0.05, 0) is 80.0 Å². The van der Waals surface area contributed by atoms with Crippen LogP contribution >= 0.6 is 0 Å². The van der Waals surface area contributed by atoms with Crippen LogP contribution in [0, 0.1) is 47.7 Å². The zero-order valence-electron chi connectivity index (χ0n) is 25.9. The van der Waals surface area contributed by atoms with Gasteiger partial charge >= 0.3 is 0 Å². The highest BCUT2D eigenvalue weighted by Crippen LogP contribution is 2.47. The van der Waals surface area contributed by atoms with E-state index in [1.54, 1.807) is 11.0 Å². The Kier molecular flexibility index (Phi) is 10.7. The van der Waals surface area contributed by atoms with Crippen LogP contribution in [-0.2, 0) is 21.5 Å². The van der Waals surface area contributed by atoms with Crippen LogP contribution in [0.4, 0.5) is 8.78 Å². The fourth-order valence-corrected chi connectivity index (χ4v) is 6.47. The van der Waals surface area contributed by atoms with Crippen molar-refractivity contribution in [1.82, 2.24) is 10.2 Å². The molecule has 8 heteroatoms. The summed E-state index contributed by atoms with van der Waals surface area (Å²) in [5.74, 6) is 1.56. The number of amides is 2. The molecule has 1 saturated carbocycles. The molecule has 4 N–H and O–H groups in total. The summed E-state index contributed by atoms with van der Waals surface area (Å²) in [6.45, 7) is 5.01. The molecule has 2 aromatic rings. The number of hydrogen-bond acceptors (Lipinski definition) is 4. The monoisotopic (exact) mass is 613 g/mol. The molecule has 0 radical (unpaired) electrons. The molecule has 2 aliphatic rings. The van der Waals surface area contributed by atoms with Crippen LogP contribution in [0.1, 0.15) is 62.6 Å². The predicted octanol–water partition coefficient (Wildman–Crippen LogP) is 4.75. The van der Waals surface area contributed by atoms with Crippen LogP contribution in [0.3, 0.4) is 0 Å². The third-order valence-corrected chi connectivity index (χ3v) is 8.89. The molecule has 3 atom stereocenters. The number of carbonyl (C=O) groups is 2. The third-order valence-electron chi connectivity index (χ3n) is 8.89. The molecule has 0 saturated heterocycles. The fraction of sp³-hybridized carbons (Fsp3) is 0.405. The number of halogens is 2. The number of nitrogens with two attached hydrogens (primary N) is 1. The first-order valence-electron chi connectivity index (χ1n) is 15.4. The summed E-state index contributed by atoms with van der Waals surface area (Å²) in [6.07, 6.45) is 16.2. The average molecular weight is 614 g/mol. The van der Waals surface area contributed by atoms with Gasteiger partial charge < -0.3 is 21.1 Å². The summed E-state index contributed by atoms with van der Waals surface area (Å²) >= 11 is 0. The molecule has 0 aliphatic heterocycles. The van der Waals surface area contributed by atoms with Crippen LogP contribution in [-0.4, -0.2) is 47.6 Å². The van der Waals surface area contributed by atoms with E-state index in [2.05, 4.69) is 17.2 Å². The first-order chi connectivity index (χ1) is 21.5. The van der Waals surface area contributed by atoms with E-state index in [9.17, 15) is 23.5 Å². The lowest BCUT2D eigenvalue weighted by Gasteiger charge is -2.42. The lowest BCUT2D eigenvalue weighted by atomic mass is 9.63. The summed E-state index contributed by atoms with van der Waals surface area (Å²) in [5, 5.41) is 15.4. The van der Waals surface area contributed by atoms with Crippen molar-refractivity contribution in [2.75, 3.05) is 19.6 Å². The second-order valence-electron chi connectivity index (χ2n) is 12.1. The summed E-state index contributed by atoms with van der Waals surface area (Å²) in [5.41, 5.74) is 6.61. The Morgan fingerprint density at radius 1 is 1.07 bits per heavy atom. The largest absolute Gasteiger partial charge is 0.391 e. The minimum atomic E-state index is -1.63. The number of benzene rings is 2. The number of aliphatic hydroxyl groups is 1. The van der Waals surface area contributed by atoms with Gasteiger partial charge in [0.05, 0.1) is 11.5 Å². The van der Waals surface area contributed by atoms with Crippen LogP contribution in [0.15, 0.2) is 65.8 Å². The summed E-state index contributed by atoms with van der Waals surface area (Å²) in [4.78, 5) is 29.1. The first-order valence-corrected chi connectivity index (χ1v) is 15.4. The maximum absolute atomic E-state index is 14.3. The highest BCUT2D eigenvalue weighted by molar-refractivity contribution is 5.97. The first kappa shape index (κ1) is 33.6. The minimum absolute atomic E-state index is 0.0296. The molecular formula is C37H41F2N3O3. The van der Waals surface area contributed by atoms with Crippen LogP contribution in [0.2, 0.25) is 0 Å². The van der Waals surface area contributed by atoms with Gasteiger partial charge in [-0.2, -0.15) is 0 Å². The van der Waals surface area contributed by atoms with Gasteiger partial charge in [-0.15, -0.1) is 12.8 Å². The predicted molar refractivity (Wildman–Crippen MR) is 171 cm³/mol. The fourth-order valence-electron chi connectivity index (χ4n) is 6.47. The van der Waals surface area contributed by atoms with Crippen LogP contribution in [0.5, 0.6) is 0 Å². The lowest BCUT2D eigenvalue weighted by molar-refractivity contribution is -0.132. The Hall–Kier alpha value is -4.24. The number of carbonyl (C=O) groups excluding carboxylic acids is 2. The van der Waals surface area contributed by atoms with E-state index in [1.807, 2.05) is 38.1 Å². The highest BCUT2D eigenvalue weighted by Gasteiger charge is 2.50. The van der Waals surface area contributed by atoms with Gasteiger partial charge in [-0.3, -0.25) is 9.59 Å². The zero-order valence-corrected chi connectivity index (χ0v) is 25.9. The van der Waals surface area contributed by atoms with E-state index in [0.717, 1.165) is 42.9 Å². The SMILES string of the molecule is C#CC1=CC(C(N)=O)([C@H](Cc2cc(F)cc(F)c2)[C@@H](O)CNC2(c3cccc(C#C)c3)CC2)CC(C(=O)N(CCC)CCC)=C1. The van der Waals surface area contributed by atoms with E-state index in [0.29, 0.717) is 18.7 Å². The maximum atomic E-state index is 14.3. The summed E-state index contributed by atoms with van der Waals surface area (Å²) in [7, 11) is 0. The van der Waals surface area contributed by atoms with Gasteiger partial charge in [-0.1, -0.05) is 43.9 Å². The summed E-state index contributed by atoms with van der Waals surface area (Å²) < 4.78 is 28.7. The number of primary amides is 1. The maximum Gasteiger partial charge on any atom is 0.249 e. The normalized spacial score (nSPS) is 19.7. The molecule has 0 aromatic heterocycles. The van der Waals surface area contributed by atoms with Crippen molar-refractivity contribution < 1.29 is 23.5 Å². The summed E-state index contributed by atoms with van der Waals surface area (Å²) in [6, 6.07) is 10.7. The molecular weight excluding hydrogens is 572 g/mol. The van der Waals surface area contributed by atoms with Gasteiger partial charge in [0.2, 0.25) is 11.8 Å². The van der Waals surface area contributed by atoms with Crippen molar-refractivity contribution in [2.45, 2.75) is 64.0 Å². The Morgan fingerprint density at radius 3 is 2.29 bits per heavy atom. The quantitative estimate of drug-likeness (QED) is 0.268. The Morgan fingerprint density at radius 2 is 1.73 bits per heavy atom. The van der Waals surface area contributed by atoms with Crippen molar-refractivity contribution in [2.24, 2.45) is 17.1 Å². The van der Waals surface area contributed by atoms with E-state index >= 15 is 0 Å². The van der Waals surface area contributed by atoms with Crippen molar-refractivity contribution in [1.29, 1.82) is 0 Å². The third kappa shape index (κ3) is 7.53. The zero-order chi connectivity index (χ0) is 32.8. The number of hydrogen-bond donors (Lipinski definition) is 3. The molecule has 2 amide bonds. The van der Waals surface area contributed by atoms with E-state index in [4.69, 9.17) is 18.6 Å². The Balaban J connectivity index is 1.74. The van der Waals surface area contributed by atoms with E-state index < -0.39 is 40.5 Å². The molecule has 0 bridgehead atoms. The molecule has 2 aromatic carbocycles. The standard InChI is InChI=1S/C37H41F2N3O3/c1-5-14-42(15-6-2)34(44)28-16-26(8-4)22-36(23-28,35(40)45)32(20-27-18-30(38)21-31(39)19-27)33(43)24-41-37(12-13-37)29-11-9-10-25(7-3)17-29/h3-4,9-11,16-19,21-22,32-33,41,43H,5-6,12-15,20,23-24H2,1-2H3,(H2,40,45)/t32-,33+,36?/m1/s1. The van der Waals surface area contributed by atoms with Crippen molar-refractivity contribution in [3.8, 4) is 24.7 Å². The average Bonchev–Trinajstić information content (AvgIpc) is 3.82. The number of aliphatic hydroxyl groups excluding tert-OH is 1. The number of terminal acetylenes is 2. The highest BCUT2D eigenvalue weighted by atomic mass is 19.1. The van der Waals surface area contributed by atoms with Gasteiger partial charge in [0.15, 0.2) is 0 Å². The van der Waals surface area contributed by atoms with E-state index in [-0.39, 0.29) is 36.4 Å². The minimum Gasteiger partial charge on any atom is -0.391 e. The second-order valence-corrected chi connectivity index (χ2v) is 12.1. The van der Waals surface area contributed by atoms with Gasteiger partial charge in [0, 0.05) is 53.9 Å². The van der Waals surface area contributed by atoms with Crippen LogP contribution in [0.25, 0.3) is 0 Å². The molecule has 45 heavy (non-hydrogen) atoms. The number of allylic oxidation sites excluding steroid dienone is 2. The van der Waals surface area contributed by atoms with Gasteiger partial charge in [-0.25, -0.2) is 8.78 Å². The Labute approximate surface area is 264 Å². The van der Waals surface area contributed by atoms with E-state index in [1.165, 1.54) is 18.2 Å². The van der Waals surface area contributed by atoms with Crippen molar-refractivity contribution in [3.63, 3.8) is 0 Å². The topological polar surface area (TPSA) is 95.7 Å². The molecule has 0 spiro atoms. The molecule has 1 unspecified atom stereocenters. The lowest BCUT2D eigenvalue weighted by Crippen LogP contribution is -2.52. The van der Waals surface area contributed by atoms with Crippen molar-refractivity contribution in [3.05, 3.63) is 94.1 Å².